The van der Waals surface area contributed by atoms with Gasteiger partial charge in [0.2, 0.25) is 11.8 Å². The average Bonchev–Trinajstić information content (AvgIpc) is 3.46. The lowest BCUT2D eigenvalue weighted by atomic mass is 9.85. The molecule has 0 spiro atoms. The summed E-state index contributed by atoms with van der Waals surface area (Å²) < 4.78 is 5.85. The van der Waals surface area contributed by atoms with Gasteiger partial charge in [-0.1, -0.05) is 51.1 Å². The van der Waals surface area contributed by atoms with Crippen LogP contribution in [-0.2, 0) is 20.9 Å². The maximum atomic E-state index is 14.0. The summed E-state index contributed by atoms with van der Waals surface area (Å²) in [5.41, 5.74) is 0.351. The molecule has 1 aromatic rings. The number of amides is 5. The molecular weight excluding hydrogens is 500 g/mol. The Morgan fingerprint density at radius 1 is 1.03 bits per heavy atom. The van der Waals surface area contributed by atoms with Gasteiger partial charge in [0.05, 0.1) is 24.7 Å². The van der Waals surface area contributed by atoms with Crippen LogP contribution in [0.25, 0.3) is 0 Å². The van der Waals surface area contributed by atoms with Crippen LogP contribution in [0.15, 0.2) is 30.3 Å². The third kappa shape index (κ3) is 7.40. The Balaban J connectivity index is 1.82. The Bertz CT molecular complexity index is 1030. The van der Waals surface area contributed by atoms with Gasteiger partial charge in [0, 0.05) is 19.1 Å². The minimum atomic E-state index is -0.800. The van der Waals surface area contributed by atoms with E-state index in [0.29, 0.717) is 19.5 Å². The van der Waals surface area contributed by atoms with Crippen LogP contribution in [0.5, 0.6) is 0 Å². The second kappa shape index (κ2) is 12.7. The number of rotatable bonds is 8. The van der Waals surface area contributed by atoms with Crippen LogP contribution in [0, 0.1) is 5.41 Å². The third-order valence-corrected chi connectivity index (χ3v) is 7.30. The first-order chi connectivity index (χ1) is 18.3. The number of benzene rings is 1. The number of urea groups is 1. The topological polar surface area (TPSA) is 132 Å². The summed E-state index contributed by atoms with van der Waals surface area (Å²) in [5.74, 6) is -0.532. The van der Waals surface area contributed by atoms with Crippen molar-refractivity contribution in [3.05, 3.63) is 35.9 Å². The molecule has 2 aliphatic heterocycles. The van der Waals surface area contributed by atoms with Crippen LogP contribution in [0.3, 0.4) is 0 Å². The van der Waals surface area contributed by atoms with E-state index in [1.165, 1.54) is 0 Å². The number of nitrogens with one attached hydrogen (secondary N) is 4. The third-order valence-electron chi connectivity index (χ3n) is 7.30. The van der Waals surface area contributed by atoms with E-state index >= 15 is 0 Å². The molecule has 39 heavy (non-hydrogen) atoms. The fourth-order valence-electron chi connectivity index (χ4n) is 5.11. The number of likely N-dealkylation sites (tertiary alicyclic amines) is 2. The lowest BCUT2D eigenvalue weighted by Gasteiger charge is -2.37. The van der Waals surface area contributed by atoms with Gasteiger partial charge < -0.3 is 35.8 Å². The van der Waals surface area contributed by atoms with E-state index in [2.05, 4.69) is 21.3 Å². The molecule has 2 saturated heterocycles. The van der Waals surface area contributed by atoms with Crippen LogP contribution in [0.2, 0.25) is 0 Å². The Morgan fingerprint density at radius 3 is 2.28 bits per heavy atom. The van der Waals surface area contributed by atoms with Crippen LogP contribution in [0.1, 0.15) is 53.5 Å². The molecule has 1 unspecified atom stereocenters. The van der Waals surface area contributed by atoms with Gasteiger partial charge in [-0.3, -0.25) is 9.59 Å². The summed E-state index contributed by atoms with van der Waals surface area (Å²) in [6, 6.07) is 7.04. The summed E-state index contributed by atoms with van der Waals surface area (Å²) in [4.78, 5) is 56.0. The molecule has 2 heterocycles. The minimum Gasteiger partial charge on any atom is -0.442 e. The normalized spacial score (nSPS) is 22.2. The molecule has 1 aromatic carbocycles. The maximum Gasteiger partial charge on any atom is 0.407 e. The molecule has 216 valence electrons. The number of fused-ring (bicyclic) bond motifs is 1. The molecule has 5 atom stereocenters. The first-order valence-electron chi connectivity index (χ1n) is 13.7. The molecule has 2 aliphatic rings. The smallest absolute Gasteiger partial charge is 0.407 e. The Labute approximate surface area is 231 Å². The highest BCUT2D eigenvalue weighted by molar-refractivity contribution is 5.91. The van der Waals surface area contributed by atoms with Gasteiger partial charge in [-0.15, -0.1) is 0 Å². The Hall–Kier alpha value is -3.34. The first kappa shape index (κ1) is 30.2. The summed E-state index contributed by atoms with van der Waals surface area (Å²) in [6.45, 7) is 12.0. The summed E-state index contributed by atoms with van der Waals surface area (Å²) in [5, 5.41) is 11.5. The number of carbonyl (C=O) groups excluding carboxylic acids is 4. The van der Waals surface area contributed by atoms with Crippen LogP contribution in [0.4, 0.5) is 9.59 Å². The van der Waals surface area contributed by atoms with Gasteiger partial charge in [0.25, 0.3) is 0 Å². The summed E-state index contributed by atoms with van der Waals surface area (Å²) >= 11 is 0. The molecular formula is C28H44N6O5. The number of hydrogen-bond acceptors (Lipinski definition) is 6. The maximum absolute atomic E-state index is 14.0. The Morgan fingerprint density at radius 2 is 1.69 bits per heavy atom. The van der Waals surface area contributed by atoms with E-state index in [4.69, 9.17) is 4.74 Å². The molecule has 11 nitrogen and oxygen atoms in total. The molecule has 0 saturated carbocycles. The SMILES string of the molecule is CN[C@@H](C)C(=O)NC(C(=O)N1CC[C@@H]2[C@H]1[C@@H](OC(=O)NCc1ccccc1)CN2C(=O)NC(C)C)C(C)(C)C. The molecule has 0 aliphatic carbocycles. The quantitative estimate of drug-likeness (QED) is 0.395. The molecule has 4 N–H and O–H groups in total. The highest BCUT2D eigenvalue weighted by Gasteiger charge is 2.55. The van der Waals surface area contributed by atoms with Crippen molar-refractivity contribution in [3.63, 3.8) is 0 Å². The fourth-order valence-corrected chi connectivity index (χ4v) is 5.11. The summed E-state index contributed by atoms with van der Waals surface area (Å²) in [6.07, 6.45) is -0.787. The Kier molecular flexibility index (Phi) is 9.82. The number of ether oxygens (including phenoxy) is 1. The monoisotopic (exact) mass is 544 g/mol. The van der Waals surface area contributed by atoms with Crippen molar-refractivity contribution < 1.29 is 23.9 Å². The average molecular weight is 545 g/mol. The van der Waals surface area contributed by atoms with Crippen molar-refractivity contribution >= 4 is 23.9 Å². The number of carbonyl (C=O) groups is 4. The number of hydrogen-bond donors (Lipinski definition) is 4. The number of nitrogens with zero attached hydrogens (tertiary/aromatic N) is 2. The predicted molar refractivity (Wildman–Crippen MR) is 148 cm³/mol. The van der Waals surface area contributed by atoms with E-state index in [1.807, 2.05) is 65.0 Å². The van der Waals surface area contributed by atoms with Crippen molar-refractivity contribution in [1.82, 2.24) is 31.1 Å². The first-order valence-corrected chi connectivity index (χ1v) is 13.7. The fraction of sp³-hybridized carbons (Fsp3) is 0.643. The molecule has 11 heteroatoms. The van der Waals surface area contributed by atoms with E-state index < -0.39 is 35.7 Å². The molecule has 0 bridgehead atoms. The van der Waals surface area contributed by atoms with Gasteiger partial charge in [-0.25, -0.2) is 9.59 Å². The minimum absolute atomic E-state index is 0.0705. The standard InChI is InChI=1S/C28H44N6O5/c1-17(2)31-26(37)34-16-21(39-27(38)30-15-19-11-9-8-10-12-19)22-20(34)13-14-33(22)25(36)23(28(4,5)6)32-24(35)18(3)29-7/h8-12,17-18,20-23,29H,13-16H2,1-7H3,(H,30,38)(H,31,37)(H,32,35)/t18-,20+,21-,22-,23?/m0/s1. The second-order valence-electron chi connectivity index (χ2n) is 11.7. The van der Waals surface area contributed by atoms with Crippen LogP contribution < -0.4 is 21.3 Å². The number of likely N-dealkylation sites (N-methyl/N-ethyl adjacent to an activating group) is 1. The zero-order valence-electron chi connectivity index (χ0n) is 24.1. The predicted octanol–water partition coefficient (Wildman–Crippen LogP) is 1.82. The second-order valence-corrected chi connectivity index (χ2v) is 11.7. The van der Waals surface area contributed by atoms with Crippen LogP contribution in [-0.4, -0.2) is 90.2 Å². The molecule has 2 fully saturated rings. The molecule has 5 amide bonds. The molecule has 0 radical (unpaired) electrons. The molecule has 0 aromatic heterocycles. The van der Waals surface area contributed by atoms with Gasteiger partial charge in [0.1, 0.15) is 12.1 Å². The lowest BCUT2D eigenvalue weighted by Crippen LogP contribution is -2.59. The van der Waals surface area contributed by atoms with Crippen molar-refractivity contribution in [2.75, 3.05) is 20.1 Å². The largest absolute Gasteiger partial charge is 0.442 e. The van der Waals surface area contributed by atoms with Gasteiger partial charge >= 0.3 is 12.1 Å². The van der Waals surface area contributed by atoms with E-state index in [0.717, 1.165) is 5.56 Å². The van der Waals surface area contributed by atoms with Crippen LogP contribution >= 0.6 is 0 Å². The van der Waals surface area contributed by atoms with Crippen molar-refractivity contribution in [2.24, 2.45) is 5.41 Å². The zero-order chi connectivity index (χ0) is 28.9. The van der Waals surface area contributed by atoms with E-state index in [9.17, 15) is 19.2 Å². The van der Waals surface area contributed by atoms with Crippen molar-refractivity contribution in [3.8, 4) is 0 Å². The summed E-state index contributed by atoms with van der Waals surface area (Å²) in [7, 11) is 1.68. The molecule has 3 rings (SSSR count). The lowest BCUT2D eigenvalue weighted by molar-refractivity contribution is -0.141. The van der Waals surface area contributed by atoms with E-state index in [1.54, 1.807) is 23.8 Å². The van der Waals surface area contributed by atoms with Gasteiger partial charge in [-0.05, 0) is 45.2 Å². The highest BCUT2D eigenvalue weighted by Crippen LogP contribution is 2.35. The van der Waals surface area contributed by atoms with Crippen molar-refractivity contribution in [1.29, 1.82) is 0 Å². The van der Waals surface area contributed by atoms with Gasteiger partial charge in [0.15, 0.2) is 0 Å². The van der Waals surface area contributed by atoms with Crippen molar-refractivity contribution in [2.45, 2.75) is 90.8 Å². The van der Waals surface area contributed by atoms with Gasteiger partial charge in [-0.2, -0.15) is 0 Å². The highest BCUT2D eigenvalue weighted by atomic mass is 16.6. The zero-order valence-corrected chi connectivity index (χ0v) is 24.1. The van der Waals surface area contributed by atoms with E-state index in [-0.39, 0.29) is 36.5 Å². The number of alkyl carbamates (subject to hydrolysis) is 1.